The van der Waals surface area contributed by atoms with Crippen molar-refractivity contribution in [2.24, 2.45) is 0 Å². The van der Waals surface area contributed by atoms with Gasteiger partial charge in [0.25, 0.3) is 0 Å². The first kappa shape index (κ1) is 8.45. The van der Waals surface area contributed by atoms with E-state index in [1.54, 1.807) is 0 Å². The molecule has 0 fully saturated rings. The number of aryl methyl sites for hydroxylation is 2. The second-order valence-corrected chi connectivity index (χ2v) is 5.99. The molecular formula is C12H10S2. The summed E-state index contributed by atoms with van der Waals surface area (Å²) in [5.41, 5.74) is 1.35. The summed E-state index contributed by atoms with van der Waals surface area (Å²) in [6, 6.07) is 9.01. The van der Waals surface area contributed by atoms with Crippen LogP contribution in [0.4, 0.5) is 0 Å². The Kier molecular flexibility index (Phi) is 1.70. The molecule has 0 amide bonds. The van der Waals surface area contributed by atoms with Gasteiger partial charge in [-0.1, -0.05) is 11.6 Å². The van der Waals surface area contributed by atoms with Crippen molar-refractivity contribution in [3.8, 4) is 0 Å². The van der Waals surface area contributed by atoms with Gasteiger partial charge in [-0.2, -0.15) is 0 Å². The van der Waals surface area contributed by atoms with Gasteiger partial charge in [0.15, 0.2) is 0 Å². The van der Waals surface area contributed by atoms with Gasteiger partial charge < -0.3 is 0 Å². The highest BCUT2D eigenvalue weighted by Crippen LogP contribution is 2.39. The quantitative estimate of drug-likeness (QED) is 0.511. The van der Waals surface area contributed by atoms with E-state index >= 15 is 0 Å². The SMILES string of the molecule is Cc1ccc2sc3cc(C)sc3c2c1. The van der Waals surface area contributed by atoms with Crippen molar-refractivity contribution in [3.05, 3.63) is 34.7 Å². The predicted molar refractivity (Wildman–Crippen MR) is 66.7 cm³/mol. The van der Waals surface area contributed by atoms with E-state index in [2.05, 4.69) is 38.1 Å². The summed E-state index contributed by atoms with van der Waals surface area (Å²) in [5, 5.41) is 1.43. The van der Waals surface area contributed by atoms with Gasteiger partial charge in [0.05, 0.1) is 4.70 Å². The summed E-state index contributed by atoms with van der Waals surface area (Å²) in [6.07, 6.45) is 0. The third kappa shape index (κ3) is 1.11. The van der Waals surface area contributed by atoms with Crippen LogP contribution in [-0.2, 0) is 0 Å². The van der Waals surface area contributed by atoms with Crippen LogP contribution in [0.5, 0.6) is 0 Å². The maximum absolute atomic E-state index is 2.30. The van der Waals surface area contributed by atoms with E-state index in [0.29, 0.717) is 0 Å². The fourth-order valence-corrected chi connectivity index (χ4v) is 4.19. The first-order chi connectivity index (χ1) is 6.74. The second kappa shape index (κ2) is 2.81. The molecule has 2 heteroatoms. The molecular weight excluding hydrogens is 208 g/mol. The summed E-state index contributed by atoms with van der Waals surface area (Å²) >= 11 is 3.81. The van der Waals surface area contributed by atoms with Gasteiger partial charge in [0.2, 0.25) is 0 Å². The van der Waals surface area contributed by atoms with Crippen LogP contribution in [0.1, 0.15) is 10.4 Å². The zero-order valence-electron chi connectivity index (χ0n) is 8.13. The molecule has 0 atom stereocenters. The van der Waals surface area contributed by atoms with Crippen LogP contribution in [0.15, 0.2) is 24.3 Å². The molecule has 3 aromatic rings. The van der Waals surface area contributed by atoms with Gasteiger partial charge in [0, 0.05) is 19.7 Å². The standard InChI is InChI=1S/C12H10S2/c1-7-3-4-10-9(5-7)12-11(14-10)6-8(2)13-12/h3-6H,1-2H3. The Morgan fingerprint density at radius 1 is 0.929 bits per heavy atom. The highest BCUT2D eigenvalue weighted by Gasteiger charge is 2.07. The Labute approximate surface area is 90.8 Å². The largest absolute Gasteiger partial charge is 0.139 e. The molecule has 3 rings (SSSR count). The fourth-order valence-electron chi connectivity index (χ4n) is 1.78. The second-order valence-electron chi connectivity index (χ2n) is 3.65. The van der Waals surface area contributed by atoms with E-state index in [-0.39, 0.29) is 0 Å². The number of benzene rings is 1. The van der Waals surface area contributed by atoms with Crippen LogP contribution in [0.2, 0.25) is 0 Å². The van der Waals surface area contributed by atoms with Gasteiger partial charge >= 0.3 is 0 Å². The summed E-state index contributed by atoms with van der Waals surface area (Å²) in [4.78, 5) is 1.41. The lowest BCUT2D eigenvalue weighted by atomic mass is 10.2. The molecule has 70 valence electrons. The van der Waals surface area contributed by atoms with Crippen LogP contribution in [0.3, 0.4) is 0 Å². The molecule has 0 unspecified atom stereocenters. The molecule has 0 aliphatic heterocycles. The Morgan fingerprint density at radius 2 is 1.79 bits per heavy atom. The van der Waals surface area contributed by atoms with Gasteiger partial charge in [-0.05, 0) is 32.0 Å². The van der Waals surface area contributed by atoms with Crippen molar-refractivity contribution >= 4 is 42.2 Å². The number of fused-ring (bicyclic) bond motifs is 3. The Balaban J connectivity index is 2.55. The third-order valence-electron chi connectivity index (χ3n) is 2.42. The summed E-state index contributed by atoms with van der Waals surface area (Å²) in [7, 11) is 0. The van der Waals surface area contributed by atoms with Gasteiger partial charge in [-0.25, -0.2) is 0 Å². The van der Waals surface area contributed by atoms with Crippen molar-refractivity contribution in [2.45, 2.75) is 13.8 Å². The maximum Gasteiger partial charge on any atom is 0.0532 e. The van der Waals surface area contributed by atoms with Crippen molar-refractivity contribution in [3.63, 3.8) is 0 Å². The molecule has 0 saturated heterocycles. The third-order valence-corrected chi connectivity index (χ3v) is 4.75. The molecule has 2 heterocycles. The molecule has 0 saturated carbocycles. The van der Waals surface area contributed by atoms with Crippen LogP contribution < -0.4 is 0 Å². The predicted octanol–water partition coefficient (Wildman–Crippen LogP) is 4.73. The van der Waals surface area contributed by atoms with Crippen LogP contribution in [0.25, 0.3) is 19.5 Å². The topological polar surface area (TPSA) is 0 Å². The highest BCUT2D eigenvalue weighted by atomic mass is 32.1. The minimum atomic E-state index is 1.35. The molecule has 1 aromatic carbocycles. The van der Waals surface area contributed by atoms with Gasteiger partial charge in [0.1, 0.15) is 0 Å². The molecule has 14 heavy (non-hydrogen) atoms. The van der Waals surface area contributed by atoms with Crippen molar-refractivity contribution in [2.75, 3.05) is 0 Å². The molecule has 2 aromatic heterocycles. The molecule has 0 spiro atoms. The summed E-state index contributed by atoms with van der Waals surface area (Å²) < 4.78 is 4.32. The lowest BCUT2D eigenvalue weighted by Crippen LogP contribution is -1.68. The number of hydrogen-bond acceptors (Lipinski definition) is 2. The zero-order chi connectivity index (χ0) is 9.71. The number of thiophene rings is 2. The lowest BCUT2D eigenvalue weighted by molar-refractivity contribution is 1.52. The van der Waals surface area contributed by atoms with E-state index in [9.17, 15) is 0 Å². The molecule has 0 aliphatic carbocycles. The van der Waals surface area contributed by atoms with E-state index in [1.807, 2.05) is 22.7 Å². The Hall–Kier alpha value is -0.860. The van der Waals surface area contributed by atoms with Crippen molar-refractivity contribution in [1.29, 1.82) is 0 Å². The van der Waals surface area contributed by atoms with Crippen LogP contribution >= 0.6 is 22.7 Å². The Morgan fingerprint density at radius 3 is 2.64 bits per heavy atom. The van der Waals surface area contributed by atoms with E-state index < -0.39 is 0 Å². The maximum atomic E-state index is 2.30. The minimum Gasteiger partial charge on any atom is -0.139 e. The van der Waals surface area contributed by atoms with E-state index in [1.165, 1.54) is 29.9 Å². The molecule has 0 radical (unpaired) electrons. The summed E-state index contributed by atoms with van der Waals surface area (Å²) in [5.74, 6) is 0. The fraction of sp³-hybridized carbons (Fsp3) is 0.167. The van der Waals surface area contributed by atoms with E-state index in [0.717, 1.165) is 0 Å². The monoisotopic (exact) mass is 218 g/mol. The number of rotatable bonds is 0. The van der Waals surface area contributed by atoms with Crippen molar-refractivity contribution in [1.82, 2.24) is 0 Å². The molecule has 0 nitrogen and oxygen atoms in total. The molecule has 0 aliphatic rings. The smallest absolute Gasteiger partial charge is 0.0532 e. The van der Waals surface area contributed by atoms with Gasteiger partial charge in [-0.15, -0.1) is 22.7 Å². The first-order valence-electron chi connectivity index (χ1n) is 4.63. The van der Waals surface area contributed by atoms with Crippen molar-refractivity contribution < 1.29 is 0 Å². The van der Waals surface area contributed by atoms with Crippen LogP contribution in [0, 0.1) is 13.8 Å². The van der Waals surface area contributed by atoms with Gasteiger partial charge in [-0.3, -0.25) is 0 Å². The average Bonchev–Trinajstić information content (AvgIpc) is 2.62. The summed E-state index contributed by atoms with van der Waals surface area (Å²) in [6.45, 7) is 4.34. The number of hydrogen-bond donors (Lipinski definition) is 0. The molecule has 0 bridgehead atoms. The highest BCUT2D eigenvalue weighted by molar-refractivity contribution is 7.32. The normalized spacial score (nSPS) is 11.6. The first-order valence-corrected chi connectivity index (χ1v) is 6.26. The lowest BCUT2D eigenvalue weighted by Gasteiger charge is -1.91. The van der Waals surface area contributed by atoms with E-state index in [4.69, 9.17) is 0 Å². The Bertz CT molecular complexity index is 614. The average molecular weight is 218 g/mol. The zero-order valence-corrected chi connectivity index (χ0v) is 9.76. The minimum absolute atomic E-state index is 1.35. The molecule has 0 N–H and O–H groups in total. The van der Waals surface area contributed by atoms with Crippen LogP contribution in [-0.4, -0.2) is 0 Å².